The van der Waals surface area contributed by atoms with Crippen molar-refractivity contribution in [3.8, 4) is 0 Å². The van der Waals surface area contributed by atoms with Gasteiger partial charge in [0.2, 0.25) is 0 Å². The molecule has 0 radical (unpaired) electrons. The molecule has 0 aliphatic heterocycles. The van der Waals surface area contributed by atoms with Crippen LogP contribution in [0.1, 0.15) is 40.4 Å². The Hall–Kier alpha value is -1.65. The molecule has 5 heteroatoms. The van der Waals surface area contributed by atoms with Gasteiger partial charge in [-0.15, -0.1) is 11.8 Å². The number of anilines is 1. The van der Waals surface area contributed by atoms with Gasteiger partial charge in [-0.25, -0.2) is 0 Å². The standard InChI is InChI=1S/C18H19ClN2OS/c1-23-13-6-8-16(19)15(10-13)18(22)21-17-4-2-3-11-9-12(20)5-7-14(11)17/h5-10,17H,2-4,20H2,1H3,(H,21,22). The zero-order chi connectivity index (χ0) is 16.4. The third kappa shape index (κ3) is 3.48. The van der Waals surface area contributed by atoms with Crippen LogP contribution in [0.25, 0.3) is 0 Å². The smallest absolute Gasteiger partial charge is 0.253 e. The van der Waals surface area contributed by atoms with Crippen molar-refractivity contribution >= 4 is 35.0 Å². The predicted molar refractivity (Wildman–Crippen MR) is 97.2 cm³/mol. The molecular formula is C18H19ClN2OS. The van der Waals surface area contributed by atoms with Crippen LogP contribution in [0.2, 0.25) is 5.02 Å². The molecule has 0 saturated carbocycles. The van der Waals surface area contributed by atoms with E-state index >= 15 is 0 Å². The van der Waals surface area contributed by atoms with E-state index in [1.807, 2.05) is 36.6 Å². The lowest BCUT2D eigenvalue weighted by Crippen LogP contribution is -2.31. The number of hydrogen-bond acceptors (Lipinski definition) is 3. The van der Waals surface area contributed by atoms with E-state index in [9.17, 15) is 4.79 Å². The first kappa shape index (κ1) is 16.2. The molecule has 1 unspecified atom stereocenters. The van der Waals surface area contributed by atoms with E-state index < -0.39 is 0 Å². The van der Waals surface area contributed by atoms with Crippen molar-refractivity contribution in [3.63, 3.8) is 0 Å². The first-order chi connectivity index (χ1) is 11.1. The highest BCUT2D eigenvalue weighted by atomic mass is 35.5. The van der Waals surface area contributed by atoms with Crippen molar-refractivity contribution in [1.82, 2.24) is 5.32 Å². The summed E-state index contributed by atoms with van der Waals surface area (Å²) in [7, 11) is 0. The van der Waals surface area contributed by atoms with E-state index in [1.54, 1.807) is 17.8 Å². The summed E-state index contributed by atoms with van der Waals surface area (Å²) >= 11 is 7.79. The summed E-state index contributed by atoms with van der Waals surface area (Å²) in [6.07, 6.45) is 4.96. The molecule has 120 valence electrons. The molecule has 3 N–H and O–H groups in total. The summed E-state index contributed by atoms with van der Waals surface area (Å²) in [6.45, 7) is 0. The van der Waals surface area contributed by atoms with Crippen LogP contribution in [-0.2, 0) is 6.42 Å². The Morgan fingerprint density at radius 2 is 2.13 bits per heavy atom. The molecular weight excluding hydrogens is 328 g/mol. The lowest BCUT2D eigenvalue weighted by atomic mass is 9.87. The van der Waals surface area contributed by atoms with Crippen molar-refractivity contribution in [2.45, 2.75) is 30.2 Å². The number of fused-ring (bicyclic) bond motifs is 1. The molecule has 1 atom stereocenters. The van der Waals surface area contributed by atoms with Crippen LogP contribution in [0.3, 0.4) is 0 Å². The zero-order valence-corrected chi connectivity index (χ0v) is 14.5. The van der Waals surface area contributed by atoms with Gasteiger partial charge in [0.05, 0.1) is 16.6 Å². The molecule has 3 rings (SSSR count). The fourth-order valence-electron chi connectivity index (χ4n) is 3.03. The highest BCUT2D eigenvalue weighted by molar-refractivity contribution is 7.98. The number of halogens is 1. The normalized spacial score (nSPS) is 16.7. The molecule has 3 nitrogen and oxygen atoms in total. The molecule has 1 aliphatic rings. The third-order valence-electron chi connectivity index (χ3n) is 4.20. The van der Waals surface area contributed by atoms with E-state index in [4.69, 9.17) is 17.3 Å². The van der Waals surface area contributed by atoms with Gasteiger partial charge in [0, 0.05) is 10.6 Å². The lowest BCUT2D eigenvalue weighted by molar-refractivity contribution is 0.0932. The summed E-state index contributed by atoms with van der Waals surface area (Å²) < 4.78 is 0. The second-order valence-electron chi connectivity index (χ2n) is 5.72. The maximum absolute atomic E-state index is 12.6. The van der Waals surface area contributed by atoms with E-state index in [0.29, 0.717) is 10.6 Å². The minimum Gasteiger partial charge on any atom is -0.399 e. The summed E-state index contributed by atoms with van der Waals surface area (Å²) in [4.78, 5) is 13.7. The Balaban J connectivity index is 1.85. The number of nitrogens with one attached hydrogen (secondary N) is 1. The number of thioether (sulfide) groups is 1. The predicted octanol–water partition coefficient (Wildman–Crippen LogP) is 4.45. The van der Waals surface area contributed by atoms with Crippen LogP contribution in [0, 0.1) is 0 Å². The van der Waals surface area contributed by atoms with Crippen LogP contribution in [-0.4, -0.2) is 12.2 Å². The molecule has 0 heterocycles. The average Bonchev–Trinajstić information content (AvgIpc) is 2.55. The van der Waals surface area contributed by atoms with Crippen LogP contribution in [0.15, 0.2) is 41.3 Å². The van der Waals surface area contributed by atoms with E-state index in [1.165, 1.54) is 5.56 Å². The third-order valence-corrected chi connectivity index (χ3v) is 5.26. The molecule has 1 aliphatic carbocycles. The molecule has 2 aromatic carbocycles. The number of aryl methyl sites for hydroxylation is 1. The summed E-state index contributed by atoms with van der Waals surface area (Å²) in [5.41, 5.74) is 9.55. The monoisotopic (exact) mass is 346 g/mol. The number of carbonyl (C=O) groups is 1. The van der Waals surface area contributed by atoms with Gasteiger partial charge in [-0.3, -0.25) is 4.79 Å². The molecule has 0 fully saturated rings. The second-order valence-corrected chi connectivity index (χ2v) is 7.01. The average molecular weight is 347 g/mol. The summed E-state index contributed by atoms with van der Waals surface area (Å²) in [6, 6.07) is 11.5. The second kappa shape index (κ2) is 6.85. The first-order valence-electron chi connectivity index (χ1n) is 7.61. The SMILES string of the molecule is CSc1ccc(Cl)c(C(=O)NC2CCCc3cc(N)ccc32)c1. The van der Waals surface area contributed by atoms with Gasteiger partial charge < -0.3 is 11.1 Å². The first-order valence-corrected chi connectivity index (χ1v) is 9.21. The Morgan fingerprint density at radius 3 is 2.91 bits per heavy atom. The summed E-state index contributed by atoms with van der Waals surface area (Å²) in [5.74, 6) is -0.124. The fourth-order valence-corrected chi connectivity index (χ4v) is 3.67. The van der Waals surface area contributed by atoms with E-state index in [0.717, 1.165) is 35.4 Å². The van der Waals surface area contributed by atoms with Gasteiger partial charge >= 0.3 is 0 Å². The number of amides is 1. The topological polar surface area (TPSA) is 55.1 Å². The van der Waals surface area contributed by atoms with Crippen molar-refractivity contribution < 1.29 is 4.79 Å². The van der Waals surface area contributed by atoms with Crippen LogP contribution in [0.5, 0.6) is 0 Å². The molecule has 2 aromatic rings. The number of hydrogen-bond donors (Lipinski definition) is 2. The number of carbonyl (C=O) groups excluding carboxylic acids is 1. The Labute approximate surface area is 145 Å². The number of nitrogen functional groups attached to an aromatic ring is 1. The van der Waals surface area contributed by atoms with Gasteiger partial charge in [0.15, 0.2) is 0 Å². The van der Waals surface area contributed by atoms with E-state index in [2.05, 4.69) is 5.32 Å². The molecule has 0 saturated heterocycles. The van der Waals surface area contributed by atoms with Gasteiger partial charge in [0.1, 0.15) is 0 Å². The minimum absolute atomic E-state index is 0.0147. The van der Waals surface area contributed by atoms with Crippen LogP contribution in [0.4, 0.5) is 5.69 Å². The summed E-state index contributed by atoms with van der Waals surface area (Å²) in [5, 5.41) is 3.61. The largest absolute Gasteiger partial charge is 0.399 e. The molecule has 1 amide bonds. The van der Waals surface area contributed by atoms with Crippen LogP contribution < -0.4 is 11.1 Å². The maximum Gasteiger partial charge on any atom is 0.253 e. The minimum atomic E-state index is -0.124. The molecule has 0 spiro atoms. The van der Waals surface area contributed by atoms with Gasteiger partial charge in [-0.2, -0.15) is 0 Å². The van der Waals surface area contributed by atoms with Crippen molar-refractivity contribution in [2.75, 3.05) is 12.0 Å². The quantitative estimate of drug-likeness (QED) is 0.637. The highest BCUT2D eigenvalue weighted by Gasteiger charge is 2.23. The van der Waals surface area contributed by atoms with Gasteiger partial charge in [0.25, 0.3) is 5.91 Å². The van der Waals surface area contributed by atoms with E-state index in [-0.39, 0.29) is 11.9 Å². The molecule has 0 aromatic heterocycles. The molecule has 0 bridgehead atoms. The fraction of sp³-hybridized carbons (Fsp3) is 0.278. The molecule has 23 heavy (non-hydrogen) atoms. The Morgan fingerprint density at radius 1 is 1.30 bits per heavy atom. The number of benzene rings is 2. The van der Waals surface area contributed by atoms with Crippen molar-refractivity contribution in [3.05, 3.63) is 58.1 Å². The van der Waals surface area contributed by atoms with Gasteiger partial charge in [-0.1, -0.05) is 17.7 Å². The van der Waals surface area contributed by atoms with Crippen molar-refractivity contribution in [2.24, 2.45) is 0 Å². The van der Waals surface area contributed by atoms with Gasteiger partial charge in [-0.05, 0) is 67.0 Å². The maximum atomic E-state index is 12.6. The lowest BCUT2D eigenvalue weighted by Gasteiger charge is -2.27. The highest BCUT2D eigenvalue weighted by Crippen LogP contribution is 2.32. The van der Waals surface area contributed by atoms with Crippen molar-refractivity contribution in [1.29, 1.82) is 0 Å². The van der Waals surface area contributed by atoms with Crippen LogP contribution >= 0.6 is 23.4 Å². The number of nitrogens with two attached hydrogens (primary N) is 1. The number of rotatable bonds is 3. The zero-order valence-electron chi connectivity index (χ0n) is 12.9. The Kier molecular flexibility index (Phi) is 4.83. The Bertz CT molecular complexity index is 748.